The van der Waals surface area contributed by atoms with E-state index in [1.54, 1.807) is 6.20 Å². The molecule has 2 aromatic rings. The van der Waals surface area contributed by atoms with Crippen LogP contribution < -0.4 is 0 Å². The number of benzene rings is 1. The van der Waals surface area contributed by atoms with E-state index >= 15 is 0 Å². The third kappa shape index (κ3) is 4.73. The molecule has 0 unspecified atom stereocenters. The molecule has 0 saturated carbocycles. The van der Waals surface area contributed by atoms with Gasteiger partial charge in [-0.3, -0.25) is 4.98 Å². The summed E-state index contributed by atoms with van der Waals surface area (Å²) < 4.78 is 6.19. The number of rotatable bonds is 2. The first-order valence-electron chi connectivity index (χ1n) is 9.35. The molecule has 0 aliphatic carbocycles. The molecular weight excluding hydrogens is 332 g/mol. The summed E-state index contributed by atoms with van der Waals surface area (Å²) >= 11 is 0. The van der Waals surface area contributed by atoms with Crippen molar-refractivity contribution in [3.63, 3.8) is 0 Å². The fraction of sp³-hybridized carbons (Fsp3) is 0.333. The SMILES string of the molecule is CC(C)(C)C1=CC(=C/C=C/c2cnc3ccccc3n2)C=C(C(C)(C)C)O1. The summed E-state index contributed by atoms with van der Waals surface area (Å²) in [5, 5.41) is 0. The van der Waals surface area contributed by atoms with Crippen LogP contribution in [0.1, 0.15) is 47.2 Å². The molecule has 1 aliphatic heterocycles. The topological polar surface area (TPSA) is 35.0 Å². The van der Waals surface area contributed by atoms with Crippen molar-refractivity contribution in [1.29, 1.82) is 0 Å². The number of allylic oxidation sites excluding steroid dienone is 7. The van der Waals surface area contributed by atoms with Crippen molar-refractivity contribution < 1.29 is 4.74 Å². The average Bonchev–Trinajstić information content (AvgIpc) is 2.60. The number of para-hydroxylation sites is 2. The molecule has 1 aliphatic rings. The van der Waals surface area contributed by atoms with E-state index in [0.717, 1.165) is 33.8 Å². The number of fused-ring (bicyclic) bond motifs is 1. The Hall–Kier alpha value is -2.68. The summed E-state index contributed by atoms with van der Waals surface area (Å²) in [6.45, 7) is 13.0. The highest BCUT2D eigenvalue weighted by molar-refractivity contribution is 5.74. The van der Waals surface area contributed by atoms with Crippen LogP contribution >= 0.6 is 0 Å². The Bertz CT molecular complexity index is 932. The molecular formula is C24H28N2O. The molecule has 0 N–H and O–H groups in total. The first kappa shape index (κ1) is 19.1. The first-order chi connectivity index (χ1) is 12.6. The molecule has 0 radical (unpaired) electrons. The van der Waals surface area contributed by atoms with Crippen LogP contribution in [0.15, 0.2) is 71.9 Å². The van der Waals surface area contributed by atoms with Crippen LogP contribution in [-0.2, 0) is 4.74 Å². The summed E-state index contributed by atoms with van der Waals surface area (Å²) in [5.41, 5.74) is 3.70. The van der Waals surface area contributed by atoms with Gasteiger partial charge in [0.25, 0.3) is 0 Å². The lowest BCUT2D eigenvalue weighted by molar-refractivity contribution is 0.161. The van der Waals surface area contributed by atoms with Gasteiger partial charge < -0.3 is 4.74 Å². The van der Waals surface area contributed by atoms with Gasteiger partial charge in [-0.25, -0.2) is 4.98 Å². The standard InChI is InChI=1S/C24H28N2O/c1-23(2,3)21-14-17(15-22(27-21)24(4,5)6)10-9-11-18-16-25-19-12-7-8-13-20(19)26-18/h7-16H,1-6H3/b11-9+. The molecule has 140 valence electrons. The van der Waals surface area contributed by atoms with Crippen molar-refractivity contribution in [3.05, 3.63) is 77.6 Å². The second kappa shape index (κ2) is 7.15. The third-order valence-electron chi connectivity index (χ3n) is 4.32. The van der Waals surface area contributed by atoms with Crippen LogP contribution in [0.25, 0.3) is 17.1 Å². The van der Waals surface area contributed by atoms with Crippen molar-refractivity contribution in [3.8, 4) is 0 Å². The van der Waals surface area contributed by atoms with Crippen molar-refractivity contribution in [2.75, 3.05) is 0 Å². The van der Waals surface area contributed by atoms with E-state index < -0.39 is 0 Å². The Morgan fingerprint density at radius 1 is 0.852 bits per heavy atom. The fourth-order valence-corrected chi connectivity index (χ4v) is 2.67. The average molecular weight is 361 g/mol. The zero-order valence-corrected chi connectivity index (χ0v) is 17.1. The van der Waals surface area contributed by atoms with E-state index in [0.29, 0.717) is 0 Å². The Morgan fingerprint density at radius 2 is 1.44 bits per heavy atom. The van der Waals surface area contributed by atoms with Gasteiger partial charge in [-0.05, 0) is 35.9 Å². The summed E-state index contributed by atoms with van der Waals surface area (Å²) in [6, 6.07) is 7.90. The smallest absolute Gasteiger partial charge is 0.110 e. The highest BCUT2D eigenvalue weighted by Crippen LogP contribution is 2.38. The number of hydrogen-bond acceptors (Lipinski definition) is 3. The van der Waals surface area contributed by atoms with Gasteiger partial charge in [0.2, 0.25) is 0 Å². The number of ether oxygens (including phenoxy) is 1. The van der Waals surface area contributed by atoms with Crippen LogP contribution in [0.5, 0.6) is 0 Å². The molecule has 3 rings (SSSR count). The Kier molecular flexibility index (Phi) is 5.05. The lowest BCUT2D eigenvalue weighted by Gasteiger charge is -2.32. The summed E-state index contributed by atoms with van der Waals surface area (Å²) in [5.74, 6) is 1.97. The molecule has 0 spiro atoms. The quantitative estimate of drug-likeness (QED) is 0.616. The van der Waals surface area contributed by atoms with Gasteiger partial charge >= 0.3 is 0 Å². The molecule has 1 aromatic carbocycles. The molecule has 3 heteroatoms. The number of nitrogens with zero attached hydrogens (tertiary/aromatic N) is 2. The fourth-order valence-electron chi connectivity index (χ4n) is 2.67. The van der Waals surface area contributed by atoms with Gasteiger partial charge in [-0.2, -0.15) is 0 Å². The maximum Gasteiger partial charge on any atom is 0.110 e. The van der Waals surface area contributed by atoms with Gasteiger partial charge in [0.1, 0.15) is 11.5 Å². The molecule has 0 amide bonds. The lowest BCUT2D eigenvalue weighted by Crippen LogP contribution is -2.21. The minimum absolute atomic E-state index is 0.0443. The Balaban J connectivity index is 1.90. The number of aromatic nitrogens is 2. The highest BCUT2D eigenvalue weighted by atomic mass is 16.5. The van der Waals surface area contributed by atoms with E-state index in [2.05, 4.69) is 69.7 Å². The van der Waals surface area contributed by atoms with E-state index in [1.807, 2.05) is 36.4 Å². The monoisotopic (exact) mass is 360 g/mol. The highest BCUT2D eigenvalue weighted by Gasteiger charge is 2.28. The van der Waals surface area contributed by atoms with E-state index in [1.165, 1.54) is 0 Å². The second-order valence-corrected chi connectivity index (χ2v) is 8.93. The number of hydrogen-bond donors (Lipinski definition) is 0. The van der Waals surface area contributed by atoms with Crippen LogP contribution in [0.2, 0.25) is 0 Å². The van der Waals surface area contributed by atoms with Crippen LogP contribution in [0.4, 0.5) is 0 Å². The van der Waals surface area contributed by atoms with Gasteiger partial charge in [0.05, 0.1) is 22.9 Å². The minimum Gasteiger partial charge on any atom is -0.465 e. The summed E-state index contributed by atoms with van der Waals surface area (Å²) in [7, 11) is 0. The van der Waals surface area contributed by atoms with Crippen molar-refractivity contribution >= 4 is 17.1 Å². The van der Waals surface area contributed by atoms with Crippen LogP contribution in [-0.4, -0.2) is 9.97 Å². The largest absolute Gasteiger partial charge is 0.465 e. The zero-order chi connectivity index (χ0) is 19.7. The van der Waals surface area contributed by atoms with E-state index in [-0.39, 0.29) is 10.8 Å². The molecule has 0 bridgehead atoms. The summed E-state index contributed by atoms with van der Waals surface area (Å²) in [6.07, 6.45) is 12.1. The predicted molar refractivity (Wildman–Crippen MR) is 113 cm³/mol. The van der Waals surface area contributed by atoms with Gasteiger partial charge in [0, 0.05) is 10.8 Å². The Labute approximate surface area is 162 Å². The van der Waals surface area contributed by atoms with Crippen molar-refractivity contribution in [2.24, 2.45) is 10.8 Å². The lowest BCUT2D eigenvalue weighted by atomic mass is 9.87. The van der Waals surface area contributed by atoms with E-state index in [4.69, 9.17) is 4.74 Å². The first-order valence-corrected chi connectivity index (χ1v) is 9.35. The maximum absolute atomic E-state index is 6.19. The van der Waals surface area contributed by atoms with Gasteiger partial charge in [-0.1, -0.05) is 65.8 Å². The summed E-state index contributed by atoms with van der Waals surface area (Å²) in [4.78, 5) is 9.09. The maximum atomic E-state index is 6.19. The van der Waals surface area contributed by atoms with Gasteiger partial charge in [-0.15, -0.1) is 0 Å². The molecule has 0 fully saturated rings. The molecule has 1 aromatic heterocycles. The molecule has 2 heterocycles. The van der Waals surface area contributed by atoms with Crippen molar-refractivity contribution in [2.45, 2.75) is 41.5 Å². The molecule has 0 saturated heterocycles. The predicted octanol–water partition coefficient (Wildman–Crippen LogP) is 6.46. The molecule has 27 heavy (non-hydrogen) atoms. The second-order valence-electron chi connectivity index (χ2n) is 8.93. The Morgan fingerprint density at radius 3 is 2.04 bits per heavy atom. The van der Waals surface area contributed by atoms with E-state index in [9.17, 15) is 0 Å². The molecule has 0 atom stereocenters. The normalized spacial score (nSPS) is 15.6. The van der Waals surface area contributed by atoms with Crippen LogP contribution in [0, 0.1) is 10.8 Å². The van der Waals surface area contributed by atoms with Gasteiger partial charge in [0.15, 0.2) is 0 Å². The minimum atomic E-state index is -0.0443. The molecule has 3 nitrogen and oxygen atoms in total. The van der Waals surface area contributed by atoms with Crippen LogP contribution in [0.3, 0.4) is 0 Å². The zero-order valence-electron chi connectivity index (χ0n) is 17.1. The third-order valence-corrected chi connectivity index (χ3v) is 4.32. The van der Waals surface area contributed by atoms with Crippen molar-refractivity contribution in [1.82, 2.24) is 9.97 Å².